The quantitative estimate of drug-likeness (QED) is 0.551. The lowest BCUT2D eigenvalue weighted by Crippen LogP contribution is -2.09. The van der Waals surface area contributed by atoms with Gasteiger partial charge in [-0.3, -0.25) is 0 Å². The van der Waals surface area contributed by atoms with Gasteiger partial charge in [0.15, 0.2) is 11.6 Å². The van der Waals surface area contributed by atoms with Crippen molar-refractivity contribution in [3.63, 3.8) is 0 Å². The molecule has 0 aliphatic carbocycles. The third kappa shape index (κ3) is 3.49. The number of para-hydroxylation sites is 1. The van der Waals surface area contributed by atoms with Gasteiger partial charge in [0.05, 0.1) is 11.1 Å². The number of nitrogens with zero attached hydrogens (tertiary/aromatic N) is 3. The molecule has 0 saturated carbocycles. The summed E-state index contributed by atoms with van der Waals surface area (Å²) in [6.07, 6.45) is -1.96. The second-order valence-corrected chi connectivity index (χ2v) is 5.33. The fraction of sp³-hybridized carbons (Fsp3) is 0.0556. The van der Waals surface area contributed by atoms with Crippen LogP contribution in [0.15, 0.2) is 65.8 Å². The molecule has 132 valence electrons. The Morgan fingerprint density at radius 1 is 1.00 bits per heavy atom. The van der Waals surface area contributed by atoms with Crippen molar-refractivity contribution in [1.82, 2.24) is 9.97 Å². The highest BCUT2D eigenvalue weighted by Crippen LogP contribution is 2.37. The number of alkyl halides is 3. The number of rotatable bonds is 3. The Morgan fingerprint density at radius 3 is 2.42 bits per heavy atom. The minimum Gasteiger partial charge on any atom is -0.404 e. The number of nitrogens with two attached hydrogens (primary N) is 2. The van der Waals surface area contributed by atoms with Gasteiger partial charge < -0.3 is 11.5 Å². The van der Waals surface area contributed by atoms with Crippen molar-refractivity contribution in [3.05, 3.63) is 66.4 Å². The summed E-state index contributed by atoms with van der Waals surface area (Å²) in [7, 11) is 0. The van der Waals surface area contributed by atoms with Crippen molar-refractivity contribution in [2.24, 2.45) is 16.5 Å². The lowest BCUT2D eigenvalue weighted by Gasteiger charge is -2.12. The summed E-state index contributed by atoms with van der Waals surface area (Å²) in [5, 5.41) is 0.564. The Balaban J connectivity index is 2.28. The summed E-state index contributed by atoms with van der Waals surface area (Å²) < 4.78 is 40.0. The van der Waals surface area contributed by atoms with Crippen molar-refractivity contribution >= 4 is 22.6 Å². The number of hydrogen-bond acceptors (Lipinski definition) is 4. The van der Waals surface area contributed by atoms with Gasteiger partial charge in [0.25, 0.3) is 0 Å². The first kappa shape index (κ1) is 17.4. The van der Waals surface area contributed by atoms with Gasteiger partial charge in [0.2, 0.25) is 0 Å². The molecule has 3 rings (SSSR count). The number of halogens is 3. The molecule has 0 unspecified atom stereocenters. The van der Waals surface area contributed by atoms with Gasteiger partial charge in [-0.15, -0.1) is 0 Å². The number of benzene rings is 2. The highest BCUT2D eigenvalue weighted by Gasteiger charge is 2.34. The minimum atomic E-state index is -4.53. The van der Waals surface area contributed by atoms with Crippen molar-refractivity contribution in [2.75, 3.05) is 0 Å². The molecule has 3 aromatic rings. The third-order valence-electron chi connectivity index (χ3n) is 3.56. The van der Waals surface area contributed by atoms with Crippen molar-refractivity contribution in [3.8, 4) is 11.4 Å². The molecule has 0 amide bonds. The highest BCUT2D eigenvalue weighted by molar-refractivity contribution is 5.97. The third-order valence-corrected chi connectivity index (χ3v) is 3.56. The number of amidine groups is 1. The zero-order valence-corrected chi connectivity index (χ0v) is 13.4. The van der Waals surface area contributed by atoms with Crippen LogP contribution in [0, 0.1) is 0 Å². The maximum absolute atomic E-state index is 13.3. The van der Waals surface area contributed by atoms with E-state index < -0.39 is 11.7 Å². The maximum atomic E-state index is 13.3. The van der Waals surface area contributed by atoms with Crippen LogP contribution >= 0.6 is 0 Å². The molecule has 1 aromatic heterocycles. The molecule has 1 heterocycles. The molecule has 0 aliphatic rings. The topological polar surface area (TPSA) is 90.2 Å². The maximum Gasteiger partial charge on any atom is 0.417 e. The van der Waals surface area contributed by atoms with Crippen LogP contribution in [0.4, 0.5) is 19.0 Å². The van der Waals surface area contributed by atoms with Gasteiger partial charge in [0.1, 0.15) is 5.84 Å². The largest absolute Gasteiger partial charge is 0.417 e. The van der Waals surface area contributed by atoms with Crippen LogP contribution < -0.4 is 11.5 Å². The molecule has 0 bridgehead atoms. The second-order valence-electron chi connectivity index (χ2n) is 5.33. The molecule has 8 heteroatoms. The first-order valence-corrected chi connectivity index (χ1v) is 7.56. The Labute approximate surface area is 146 Å². The summed E-state index contributed by atoms with van der Waals surface area (Å²) in [5.74, 6) is 0.157. The van der Waals surface area contributed by atoms with E-state index in [1.54, 1.807) is 24.3 Å². The van der Waals surface area contributed by atoms with Crippen LogP contribution in [-0.4, -0.2) is 15.8 Å². The fourth-order valence-electron chi connectivity index (χ4n) is 2.45. The zero-order valence-electron chi connectivity index (χ0n) is 13.4. The molecule has 4 N–H and O–H groups in total. The molecule has 0 atom stereocenters. The smallest absolute Gasteiger partial charge is 0.404 e. The Morgan fingerprint density at radius 2 is 1.69 bits per heavy atom. The summed E-state index contributed by atoms with van der Waals surface area (Å²) in [6, 6.07) is 12.0. The molecule has 5 nitrogen and oxygen atoms in total. The van der Waals surface area contributed by atoms with Crippen LogP contribution in [0.25, 0.3) is 22.3 Å². The second kappa shape index (κ2) is 6.83. The average Bonchev–Trinajstić information content (AvgIpc) is 2.61. The van der Waals surface area contributed by atoms with E-state index in [4.69, 9.17) is 11.5 Å². The minimum absolute atomic E-state index is 0.0754. The summed E-state index contributed by atoms with van der Waals surface area (Å²) >= 11 is 0. The molecule has 2 aromatic carbocycles. The lowest BCUT2D eigenvalue weighted by atomic mass is 10.1. The molecular formula is C18H14F3N5. The van der Waals surface area contributed by atoms with E-state index in [-0.39, 0.29) is 23.0 Å². The molecule has 0 fully saturated rings. The zero-order chi connectivity index (χ0) is 18.7. The van der Waals surface area contributed by atoms with E-state index in [1.807, 2.05) is 0 Å². The van der Waals surface area contributed by atoms with E-state index >= 15 is 0 Å². The monoisotopic (exact) mass is 357 g/mol. The van der Waals surface area contributed by atoms with Gasteiger partial charge in [-0.05, 0) is 30.5 Å². The number of fused-ring (bicyclic) bond motifs is 1. The Hall–Kier alpha value is -3.42. The standard InChI is InChI=1S/C18H14F3N5/c19-18(20,21)13-7-3-1-5-11(13)16-24-14-8-4-2-6-12(14)17(26-16)25-15(23)9-10-22/h1-10H,22H2,(H2,23,24,25,26)/b10-9-. The summed E-state index contributed by atoms with van der Waals surface area (Å²) in [5.41, 5.74) is 10.5. The van der Waals surface area contributed by atoms with Crippen molar-refractivity contribution in [1.29, 1.82) is 0 Å². The molecule has 0 saturated heterocycles. The number of aliphatic imine (C=N–C) groups is 1. The van der Waals surface area contributed by atoms with E-state index in [0.29, 0.717) is 10.9 Å². The Bertz CT molecular complexity index is 1010. The van der Waals surface area contributed by atoms with Gasteiger partial charge in [-0.1, -0.05) is 30.3 Å². The van der Waals surface area contributed by atoms with Crippen LogP contribution in [-0.2, 0) is 6.18 Å². The van der Waals surface area contributed by atoms with E-state index in [1.165, 1.54) is 30.5 Å². The van der Waals surface area contributed by atoms with Crippen molar-refractivity contribution < 1.29 is 13.2 Å². The van der Waals surface area contributed by atoms with Gasteiger partial charge in [-0.25, -0.2) is 15.0 Å². The van der Waals surface area contributed by atoms with Crippen LogP contribution in [0.2, 0.25) is 0 Å². The molecule has 0 radical (unpaired) electrons. The van der Waals surface area contributed by atoms with E-state index in [0.717, 1.165) is 6.07 Å². The lowest BCUT2D eigenvalue weighted by molar-refractivity contribution is -0.137. The fourth-order valence-corrected chi connectivity index (χ4v) is 2.45. The van der Waals surface area contributed by atoms with Crippen molar-refractivity contribution in [2.45, 2.75) is 6.18 Å². The van der Waals surface area contributed by atoms with Crippen LogP contribution in [0.3, 0.4) is 0 Å². The number of aromatic nitrogens is 2. The first-order valence-electron chi connectivity index (χ1n) is 7.56. The predicted molar refractivity (Wildman–Crippen MR) is 94.6 cm³/mol. The van der Waals surface area contributed by atoms with Gasteiger partial charge in [-0.2, -0.15) is 13.2 Å². The molecule has 26 heavy (non-hydrogen) atoms. The summed E-state index contributed by atoms with van der Waals surface area (Å²) in [4.78, 5) is 12.6. The van der Waals surface area contributed by atoms with Crippen LogP contribution in [0.5, 0.6) is 0 Å². The predicted octanol–water partition coefficient (Wildman–Crippen LogP) is 3.78. The molecule has 0 aliphatic heterocycles. The average molecular weight is 357 g/mol. The van der Waals surface area contributed by atoms with E-state index in [9.17, 15) is 13.2 Å². The normalized spacial score (nSPS) is 12.8. The molecular weight excluding hydrogens is 343 g/mol. The summed E-state index contributed by atoms with van der Waals surface area (Å²) in [6.45, 7) is 0. The first-order chi connectivity index (χ1) is 12.4. The highest BCUT2D eigenvalue weighted by atomic mass is 19.4. The van der Waals surface area contributed by atoms with E-state index in [2.05, 4.69) is 15.0 Å². The Kier molecular flexibility index (Phi) is 4.57. The van der Waals surface area contributed by atoms with Gasteiger partial charge >= 0.3 is 6.18 Å². The molecule has 0 spiro atoms. The number of hydrogen-bond donors (Lipinski definition) is 2. The van der Waals surface area contributed by atoms with Crippen LogP contribution in [0.1, 0.15) is 5.56 Å². The SMILES string of the molecule is N/C=C\C(N)=Nc1nc(-c2ccccc2C(F)(F)F)nc2ccccc12. The van der Waals surface area contributed by atoms with Gasteiger partial charge in [0, 0.05) is 10.9 Å².